The van der Waals surface area contributed by atoms with Crippen molar-refractivity contribution in [3.05, 3.63) is 81.6 Å². The van der Waals surface area contributed by atoms with Crippen LogP contribution in [-0.4, -0.2) is 21.7 Å². The number of aromatic nitrogens is 2. The predicted molar refractivity (Wildman–Crippen MR) is 119 cm³/mol. The van der Waals surface area contributed by atoms with Crippen LogP contribution in [0.4, 0.5) is 5.82 Å². The first kappa shape index (κ1) is 19.8. The highest BCUT2D eigenvalue weighted by Crippen LogP contribution is 2.36. The van der Waals surface area contributed by atoms with Crippen molar-refractivity contribution in [2.24, 2.45) is 7.05 Å². The summed E-state index contributed by atoms with van der Waals surface area (Å²) in [4.78, 5) is 30.9. The Morgan fingerprint density at radius 3 is 2.52 bits per heavy atom. The number of benzene rings is 2. The van der Waals surface area contributed by atoms with E-state index in [2.05, 4.69) is 10.3 Å². The monoisotopic (exact) mass is 423 g/mol. The summed E-state index contributed by atoms with van der Waals surface area (Å²) in [6.07, 6.45) is 2.27. The van der Waals surface area contributed by atoms with Crippen LogP contribution >= 0.6 is 23.5 Å². The first-order valence-electron chi connectivity index (χ1n) is 9.28. The van der Waals surface area contributed by atoms with Crippen LogP contribution in [0.1, 0.15) is 29.0 Å². The highest BCUT2D eigenvalue weighted by atomic mass is 32.2. The quantitative estimate of drug-likeness (QED) is 0.490. The summed E-state index contributed by atoms with van der Waals surface area (Å²) in [6, 6.07) is 18.1. The molecule has 2 heterocycles. The second-order valence-corrected chi connectivity index (χ2v) is 8.70. The third kappa shape index (κ3) is 4.11. The zero-order chi connectivity index (χ0) is 20.4. The van der Waals surface area contributed by atoms with Gasteiger partial charge in [-0.2, -0.15) is 4.98 Å². The van der Waals surface area contributed by atoms with Gasteiger partial charge in [-0.25, -0.2) is 0 Å². The SMILES string of the molecule is CSc1ccc(C2CC(=O)Nc3c2c(=O)nc(SCc2ccccc2)n3C)cc1. The number of hydrogen-bond acceptors (Lipinski definition) is 5. The molecule has 0 bridgehead atoms. The van der Waals surface area contributed by atoms with Crippen LogP contribution in [0.15, 0.2) is 69.4 Å². The Morgan fingerprint density at radius 1 is 1.10 bits per heavy atom. The Labute approximate surface area is 177 Å². The van der Waals surface area contributed by atoms with Gasteiger partial charge < -0.3 is 9.88 Å². The average Bonchev–Trinajstić information content (AvgIpc) is 2.75. The highest BCUT2D eigenvalue weighted by Gasteiger charge is 2.32. The van der Waals surface area contributed by atoms with Gasteiger partial charge in [-0.3, -0.25) is 9.59 Å². The van der Waals surface area contributed by atoms with Crippen LogP contribution in [0.2, 0.25) is 0 Å². The van der Waals surface area contributed by atoms with E-state index in [0.29, 0.717) is 22.3 Å². The Morgan fingerprint density at radius 2 is 1.83 bits per heavy atom. The predicted octanol–water partition coefficient (Wildman–Crippen LogP) is 4.27. The molecule has 1 aliphatic heterocycles. The average molecular weight is 424 g/mol. The van der Waals surface area contributed by atoms with Gasteiger partial charge >= 0.3 is 0 Å². The van der Waals surface area contributed by atoms with Crippen LogP contribution in [0.5, 0.6) is 0 Å². The fourth-order valence-corrected chi connectivity index (χ4v) is 4.84. The summed E-state index contributed by atoms with van der Waals surface area (Å²) in [5.74, 6) is 0.884. The number of thioether (sulfide) groups is 2. The van der Waals surface area contributed by atoms with Crippen molar-refractivity contribution < 1.29 is 4.79 Å². The molecule has 4 rings (SSSR count). The van der Waals surface area contributed by atoms with Gasteiger partial charge in [0.1, 0.15) is 5.82 Å². The zero-order valence-electron chi connectivity index (χ0n) is 16.2. The lowest BCUT2D eigenvalue weighted by Crippen LogP contribution is -2.33. The molecule has 1 aliphatic rings. The molecule has 1 atom stereocenters. The van der Waals surface area contributed by atoms with E-state index in [9.17, 15) is 9.59 Å². The van der Waals surface area contributed by atoms with E-state index in [0.717, 1.165) is 16.0 Å². The molecule has 0 saturated heterocycles. The number of anilines is 1. The van der Waals surface area contributed by atoms with Crippen LogP contribution in [0, 0.1) is 0 Å². The number of fused-ring (bicyclic) bond motifs is 1. The van der Waals surface area contributed by atoms with Gasteiger partial charge in [0.05, 0.1) is 5.56 Å². The van der Waals surface area contributed by atoms with Crippen molar-refractivity contribution in [1.29, 1.82) is 0 Å². The number of carbonyl (C=O) groups excluding carboxylic acids is 1. The maximum Gasteiger partial charge on any atom is 0.279 e. The maximum absolute atomic E-state index is 13.0. The molecule has 2 aromatic carbocycles. The van der Waals surface area contributed by atoms with E-state index in [1.54, 1.807) is 11.8 Å². The molecular weight excluding hydrogens is 402 g/mol. The molecule has 1 unspecified atom stereocenters. The van der Waals surface area contributed by atoms with Crippen molar-refractivity contribution >= 4 is 35.2 Å². The fraction of sp³-hybridized carbons (Fsp3) is 0.227. The summed E-state index contributed by atoms with van der Waals surface area (Å²) >= 11 is 3.15. The lowest BCUT2D eigenvalue weighted by molar-refractivity contribution is -0.116. The molecule has 0 saturated carbocycles. The first-order chi connectivity index (χ1) is 14.1. The van der Waals surface area contributed by atoms with Gasteiger partial charge in [0.25, 0.3) is 5.56 Å². The maximum atomic E-state index is 13.0. The van der Waals surface area contributed by atoms with Gasteiger partial charge in [-0.15, -0.1) is 11.8 Å². The van der Waals surface area contributed by atoms with E-state index in [-0.39, 0.29) is 23.8 Å². The normalized spacial score (nSPS) is 15.7. The van der Waals surface area contributed by atoms with E-state index in [1.165, 1.54) is 11.8 Å². The van der Waals surface area contributed by atoms with E-state index in [1.807, 2.05) is 72.5 Å². The molecule has 5 nitrogen and oxygen atoms in total. The van der Waals surface area contributed by atoms with Crippen LogP contribution < -0.4 is 10.9 Å². The largest absolute Gasteiger partial charge is 0.312 e. The molecule has 1 N–H and O–H groups in total. The molecule has 7 heteroatoms. The Kier molecular flexibility index (Phi) is 5.78. The number of hydrogen-bond donors (Lipinski definition) is 1. The molecule has 0 aliphatic carbocycles. The number of nitrogens with zero attached hydrogens (tertiary/aromatic N) is 2. The molecule has 1 amide bonds. The number of carbonyl (C=O) groups is 1. The summed E-state index contributed by atoms with van der Waals surface area (Å²) < 4.78 is 1.82. The minimum atomic E-state index is -0.283. The van der Waals surface area contributed by atoms with E-state index in [4.69, 9.17) is 0 Å². The van der Waals surface area contributed by atoms with Crippen molar-refractivity contribution in [1.82, 2.24) is 9.55 Å². The number of nitrogens with one attached hydrogen (secondary N) is 1. The topological polar surface area (TPSA) is 64.0 Å². The van der Waals surface area contributed by atoms with Crippen molar-refractivity contribution in [2.75, 3.05) is 11.6 Å². The smallest absolute Gasteiger partial charge is 0.279 e. The van der Waals surface area contributed by atoms with Crippen molar-refractivity contribution in [3.8, 4) is 0 Å². The summed E-state index contributed by atoms with van der Waals surface area (Å²) in [5, 5.41) is 3.49. The molecule has 1 aromatic heterocycles. The van der Waals surface area contributed by atoms with E-state index < -0.39 is 0 Å². The van der Waals surface area contributed by atoms with Crippen LogP contribution in [-0.2, 0) is 17.6 Å². The van der Waals surface area contributed by atoms with Gasteiger partial charge in [0.2, 0.25) is 5.91 Å². The molecule has 0 radical (unpaired) electrons. The molecule has 148 valence electrons. The third-order valence-corrected chi connectivity index (χ3v) is 6.87. The second kappa shape index (κ2) is 8.47. The van der Waals surface area contributed by atoms with Gasteiger partial charge in [-0.05, 0) is 29.5 Å². The minimum absolute atomic E-state index is 0.0864. The Balaban J connectivity index is 1.71. The lowest BCUT2D eigenvalue weighted by Gasteiger charge is -2.27. The van der Waals surface area contributed by atoms with Gasteiger partial charge in [-0.1, -0.05) is 54.2 Å². The van der Waals surface area contributed by atoms with Crippen molar-refractivity contribution in [2.45, 2.75) is 28.1 Å². The van der Waals surface area contributed by atoms with E-state index >= 15 is 0 Å². The molecule has 0 fully saturated rings. The van der Waals surface area contributed by atoms with Gasteiger partial charge in [0.15, 0.2) is 5.16 Å². The second-order valence-electron chi connectivity index (χ2n) is 6.87. The molecule has 29 heavy (non-hydrogen) atoms. The molecule has 0 spiro atoms. The highest BCUT2D eigenvalue weighted by molar-refractivity contribution is 7.98. The van der Waals surface area contributed by atoms with Crippen molar-refractivity contribution in [3.63, 3.8) is 0 Å². The first-order valence-corrected chi connectivity index (χ1v) is 11.5. The zero-order valence-corrected chi connectivity index (χ0v) is 17.8. The van der Waals surface area contributed by atoms with Gasteiger partial charge in [0, 0.05) is 30.0 Å². The fourth-order valence-electron chi connectivity index (χ4n) is 3.51. The summed E-state index contributed by atoms with van der Waals surface area (Å²) in [6.45, 7) is 0. The summed E-state index contributed by atoms with van der Waals surface area (Å²) in [5.41, 5.74) is 2.41. The standard InChI is InChI=1S/C22H21N3O2S2/c1-25-20-19(21(27)24-22(25)29-13-14-6-4-3-5-7-14)17(12-18(26)23-20)15-8-10-16(28-2)11-9-15/h3-11,17H,12-13H2,1-2H3,(H,23,26). The number of amides is 1. The molecule has 3 aromatic rings. The lowest BCUT2D eigenvalue weighted by atomic mass is 9.87. The Hall–Kier alpha value is -2.51. The third-order valence-electron chi connectivity index (χ3n) is 5.03. The van der Waals surface area contributed by atoms with Crippen LogP contribution in [0.25, 0.3) is 0 Å². The summed E-state index contributed by atoms with van der Waals surface area (Å²) in [7, 11) is 1.85. The Bertz CT molecular complexity index is 1100. The minimum Gasteiger partial charge on any atom is -0.312 e. The number of rotatable bonds is 5. The molecular formula is C22H21N3O2S2. The van der Waals surface area contributed by atoms with Crippen LogP contribution in [0.3, 0.4) is 0 Å².